The lowest BCUT2D eigenvalue weighted by molar-refractivity contribution is -0.140. The third kappa shape index (κ3) is 9.78. The van der Waals surface area contributed by atoms with Crippen LogP contribution in [0.15, 0.2) is 112 Å². The van der Waals surface area contributed by atoms with Crippen molar-refractivity contribution in [2.75, 3.05) is 17.4 Å². The Morgan fingerprint density at radius 3 is 2.06 bits per heavy atom. The van der Waals surface area contributed by atoms with E-state index in [1.807, 2.05) is 80.6 Å². The number of amides is 2. The molecule has 0 aromatic heterocycles. The van der Waals surface area contributed by atoms with Crippen LogP contribution in [0.25, 0.3) is 0 Å². The Balaban J connectivity index is 1.79. The maximum Gasteiger partial charge on any atom is 0.264 e. The molecule has 0 aliphatic rings. The molecule has 47 heavy (non-hydrogen) atoms. The van der Waals surface area contributed by atoms with Gasteiger partial charge in [0.2, 0.25) is 11.8 Å². The molecular formula is C38H44BrN3O4S. The van der Waals surface area contributed by atoms with Crippen LogP contribution < -0.4 is 9.62 Å². The molecule has 2 amide bonds. The summed E-state index contributed by atoms with van der Waals surface area (Å²) < 4.78 is 30.6. The summed E-state index contributed by atoms with van der Waals surface area (Å²) in [5.41, 5.74) is 4.06. The predicted octanol–water partition coefficient (Wildman–Crippen LogP) is 7.63. The fourth-order valence-corrected chi connectivity index (χ4v) is 6.92. The van der Waals surface area contributed by atoms with E-state index >= 15 is 0 Å². The number of nitrogens with zero attached hydrogens (tertiary/aromatic N) is 2. The Kier molecular flexibility index (Phi) is 12.8. The van der Waals surface area contributed by atoms with Gasteiger partial charge in [0, 0.05) is 24.0 Å². The highest BCUT2D eigenvalue weighted by molar-refractivity contribution is 9.10. The van der Waals surface area contributed by atoms with Gasteiger partial charge in [0.1, 0.15) is 12.6 Å². The van der Waals surface area contributed by atoms with Crippen LogP contribution in [0.4, 0.5) is 5.69 Å². The molecule has 0 saturated carbocycles. The lowest BCUT2D eigenvalue weighted by Gasteiger charge is -2.34. The first-order valence-corrected chi connectivity index (χ1v) is 18.3. The molecular weight excluding hydrogens is 674 g/mol. The second kappa shape index (κ2) is 16.7. The topological polar surface area (TPSA) is 86.8 Å². The van der Waals surface area contributed by atoms with Crippen LogP contribution in [0.2, 0.25) is 0 Å². The zero-order valence-electron chi connectivity index (χ0n) is 27.5. The first kappa shape index (κ1) is 35.9. The summed E-state index contributed by atoms with van der Waals surface area (Å²) in [7, 11) is -4.15. The van der Waals surface area contributed by atoms with Crippen molar-refractivity contribution in [1.29, 1.82) is 0 Å². The Bertz CT molecular complexity index is 1710. The van der Waals surface area contributed by atoms with Crippen molar-refractivity contribution in [3.63, 3.8) is 0 Å². The molecule has 7 nitrogen and oxygen atoms in total. The molecule has 0 bridgehead atoms. The summed E-state index contributed by atoms with van der Waals surface area (Å²) in [5.74, 6) is -0.510. The van der Waals surface area contributed by atoms with Crippen molar-refractivity contribution in [2.45, 2.75) is 70.4 Å². The number of aryl methyl sites for hydroxylation is 1. The third-order valence-corrected chi connectivity index (χ3v) is 10.4. The fraction of sp³-hybridized carbons (Fsp3) is 0.316. The van der Waals surface area contributed by atoms with Gasteiger partial charge in [-0.1, -0.05) is 115 Å². The number of halogens is 1. The highest BCUT2D eigenvalue weighted by atomic mass is 79.9. The molecule has 0 radical (unpaired) electrons. The molecule has 0 aliphatic heterocycles. The van der Waals surface area contributed by atoms with Crippen molar-refractivity contribution in [3.8, 4) is 0 Å². The molecule has 0 spiro atoms. The zero-order chi connectivity index (χ0) is 34.0. The van der Waals surface area contributed by atoms with Gasteiger partial charge in [-0.2, -0.15) is 0 Å². The smallest absolute Gasteiger partial charge is 0.264 e. The first-order valence-electron chi connectivity index (χ1n) is 16.0. The van der Waals surface area contributed by atoms with Gasteiger partial charge in [0.25, 0.3) is 10.0 Å². The summed E-state index contributed by atoms with van der Waals surface area (Å²) in [6, 6.07) is 30.1. The summed E-state index contributed by atoms with van der Waals surface area (Å²) in [4.78, 5) is 30.1. The van der Waals surface area contributed by atoms with Gasteiger partial charge in [-0.3, -0.25) is 13.9 Å². The maximum absolute atomic E-state index is 14.6. The molecule has 0 unspecified atom stereocenters. The van der Waals surface area contributed by atoms with Gasteiger partial charge in [-0.05, 0) is 72.4 Å². The van der Waals surface area contributed by atoms with Crippen LogP contribution in [0.5, 0.6) is 0 Å². The van der Waals surface area contributed by atoms with E-state index in [1.165, 1.54) is 4.90 Å². The maximum atomic E-state index is 14.6. The average molecular weight is 719 g/mol. The Labute approximate surface area is 288 Å². The van der Waals surface area contributed by atoms with Crippen LogP contribution in [0.3, 0.4) is 0 Å². The number of rotatable bonds is 15. The quantitative estimate of drug-likeness (QED) is 0.128. The van der Waals surface area contributed by atoms with Crippen LogP contribution >= 0.6 is 15.9 Å². The van der Waals surface area contributed by atoms with E-state index in [1.54, 1.807) is 36.4 Å². The molecule has 9 heteroatoms. The van der Waals surface area contributed by atoms with Crippen molar-refractivity contribution in [1.82, 2.24) is 10.2 Å². The van der Waals surface area contributed by atoms with Crippen molar-refractivity contribution in [2.24, 2.45) is 0 Å². The van der Waals surface area contributed by atoms with E-state index in [9.17, 15) is 18.0 Å². The highest BCUT2D eigenvalue weighted by Crippen LogP contribution is 2.27. The molecule has 0 saturated heterocycles. The molecule has 4 aromatic carbocycles. The number of benzene rings is 4. The van der Waals surface area contributed by atoms with Gasteiger partial charge in [-0.15, -0.1) is 0 Å². The monoisotopic (exact) mass is 717 g/mol. The van der Waals surface area contributed by atoms with E-state index < -0.39 is 28.5 Å². The lowest BCUT2D eigenvalue weighted by Crippen LogP contribution is -2.53. The van der Waals surface area contributed by atoms with E-state index in [2.05, 4.69) is 35.1 Å². The standard InChI is InChI=1S/C38H44BrN3O4S/c1-5-6-24-40-38(44)36(25-30-10-8-7-9-11-30)41(26-31-14-18-33(39)19-15-31)37(43)27-42(34-20-16-32(17-21-34)28(2)3)47(45,46)35-22-12-29(4)13-23-35/h7-23,28,36H,5-6,24-27H2,1-4H3,(H,40,44)/t36-/m1/s1. The second-order valence-corrected chi connectivity index (χ2v) is 14.8. The van der Waals surface area contributed by atoms with Crippen LogP contribution in [0, 0.1) is 6.92 Å². The number of hydrogen-bond acceptors (Lipinski definition) is 4. The molecule has 4 aromatic rings. The minimum absolute atomic E-state index is 0.0847. The van der Waals surface area contributed by atoms with Crippen molar-refractivity contribution < 1.29 is 18.0 Å². The highest BCUT2D eigenvalue weighted by Gasteiger charge is 2.34. The minimum Gasteiger partial charge on any atom is -0.354 e. The number of carbonyl (C=O) groups excluding carboxylic acids is 2. The first-order chi connectivity index (χ1) is 22.5. The summed E-state index contributed by atoms with van der Waals surface area (Å²) >= 11 is 3.48. The second-order valence-electron chi connectivity index (χ2n) is 12.1. The van der Waals surface area contributed by atoms with Crippen molar-refractivity contribution >= 4 is 43.5 Å². The number of unbranched alkanes of at least 4 members (excludes halogenated alkanes) is 1. The normalized spacial score (nSPS) is 12.0. The number of hydrogen-bond donors (Lipinski definition) is 1. The van der Waals surface area contributed by atoms with Gasteiger partial charge in [-0.25, -0.2) is 8.42 Å². The SMILES string of the molecule is CCCCNC(=O)[C@@H](Cc1ccccc1)N(Cc1ccc(Br)cc1)C(=O)CN(c1ccc(C(C)C)cc1)S(=O)(=O)c1ccc(C)cc1. The largest absolute Gasteiger partial charge is 0.354 e. The molecule has 4 rings (SSSR count). The van der Waals surface area contributed by atoms with Gasteiger partial charge in [0.15, 0.2) is 0 Å². The molecule has 248 valence electrons. The average Bonchev–Trinajstić information content (AvgIpc) is 3.06. The summed E-state index contributed by atoms with van der Waals surface area (Å²) in [6.45, 7) is 8.19. The summed E-state index contributed by atoms with van der Waals surface area (Å²) in [6.07, 6.45) is 1.99. The number of anilines is 1. The van der Waals surface area contributed by atoms with Crippen LogP contribution in [-0.4, -0.2) is 44.3 Å². The molecule has 0 fully saturated rings. The fourth-order valence-electron chi connectivity index (χ4n) is 5.24. The van der Waals surface area contributed by atoms with Crippen LogP contribution in [-0.2, 0) is 32.6 Å². The van der Waals surface area contributed by atoms with Gasteiger partial charge in [0.05, 0.1) is 10.6 Å². The Morgan fingerprint density at radius 1 is 0.830 bits per heavy atom. The lowest BCUT2D eigenvalue weighted by atomic mass is 10.0. The molecule has 0 heterocycles. The number of sulfonamides is 1. The zero-order valence-corrected chi connectivity index (χ0v) is 29.9. The molecule has 1 atom stereocenters. The number of carbonyl (C=O) groups is 2. The Morgan fingerprint density at radius 2 is 1.47 bits per heavy atom. The van der Waals surface area contributed by atoms with E-state index in [0.29, 0.717) is 12.2 Å². The van der Waals surface area contributed by atoms with E-state index in [0.717, 1.165) is 43.9 Å². The summed E-state index contributed by atoms with van der Waals surface area (Å²) in [5, 5.41) is 3.03. The number of nitrogens with one attached hydrogen (secondary N) is 1. The van der Waals surface area contributed by atoms with Gasteiger partial charge >= 0.3 is 0 Å². The molecule has 1 N–H and O–H groups in total. The molecule has 0 aliphatic carbocycles. The van der Waals surface area contributed by atoms with Gasteiger partial charge < -0.3 is 10.2 Å². The third-order valence-electron chi connectivity index (χ3n) is 8.10. The Hall–Kier alpha value is -3.95. The predicted molar refractivity (Wildman–Crippen MR) is 193 cm³/mol. The van der Waals surface area contributed by atoms with E-state index in [-0.39, 0.29) is 29.7 Å². The van der Waals surface area contributed by atoms with Crippen LogP contribution in [0.1, 0.15) is 61.8 Å². The minimum atomic E-state index is -4.15. The van der Waals surface area contributed by atoms with E-state index in [4.69, 9.17) is 0 Å². The van der Waals surface area contributed by atoms with Crippen molar-refractivity contribution in [3.05, 3.63) is 130 Å².